The Bertz CT molecular complexity index is 1940. The summed E-state index contributed by atoms with van der Waals surface area (Å²) in [6.07, 6.45) is 16.0. The number of nitrogens with zero attached hydrogens (tertiary/aromatic N) is 13. The molecule has 6 heterocycles. The van der Waals surface area contributed by atoms with Crippen molar-refractivity contribution in [1.29, 1.82) is 0 Å². The van der Waals surface area contributed by atoms with Gasteiger partial charge in [-0.3, -0.25) is 0 Å². The van der Waals surface area contributed by atoms with E-state index in [1.54, 1.807) is 0 Å². The van der Waals surface area contributed by atoms with Crippen molar-refractivity contribution in [2.75, 3.05) is 54.0 Å². The van der Waals surface area contributed by atoms with Gasteiger partial charge in [0.05, 0.1) is 0 Å². The maximum absolute atomic E-state index is 5.84. The third-order valence-electron chi connectivity index (χ3n) is 8.41. The van der Waals surface area contributed by atoms with Crippen molar-refractivity contribution >= 4 is 52.6 Å². The summed E-state index contributed by atoms with van der Waals surface area (Å²) >= 11 is 16.4. The molecule has 0 saturated carbocycles. The number of aromatic nitrogens is 10. The molecule has 0 unspecified atom stereocenters. The zero-order valence-corrected chi connectivity index (χ0v) is 31.2. The summed E-state index contributed by atoms with van der Waals surface area (Å²) in [5.74, 6) is 2.26. The lowest BCUT2D eigenvalue weighted by Crippen LogP contribution is -2.47. The van der Waals surface area contributed by atoms with Crippen LogP contribution in [0.15, 0.2) is 98.1 Å². The van der Waals surface area contributed by atoms with Crippen LogP contribution in [0.25, 0.3) is 0 Å². The summed E-state index contributed by atoms with van der Waals surface area (Å²) in [5, 5.41) is 0.449. The zero-order valence-electron chi connectivity index (χ0n) is 29.0. The van der Waals surface area contributed by atoms with Crippen LogP contribution in [0.4, 0.5) is 17.8 Å². The van der Waals surface area contributed by atoms with E-state index in [0.29, 0.717) is 5.95 Å². The van der Waals surface area contributed by atoms with E-state index in [2.05, 4.69) is 101 Å². The van der Waals surface area contributed by atoms with E-state index in [-0.39, 0.29) is 15.9 Å². The SMILES string of the molecule is Clc1ncnc(Cl)n1.Clc1ncnc(N2CCN(c3ncc(Cc4ccccc4)cn3)CC2)n1.c1ccc(Cc2cnc(N3CCCCC3)nc2)cc1. The van der Waals surface area contributed by atoms with Crippen LogP contribution in [0.3, 0.4) is 0 Å². The smallest absolute Gasteiger partial charge is 0.229 e. The normalized spacial score (nSPS) is 14.1. The highest BCUT2D eigenvalue weighted by molar-refractivity contribution is 6.30. The molecular weight excluding hydrogens is 733 g/mol. The highest BCUT2D eigenvalue weighted by Crippen LogP contribution is 2.18. The molecule has 2 aromatic carbocycles. The molecule has 16 heteroatoms. The first-order chi connectivity index (χ1) is 26.0. The molecule has 0 amide bonds. The molecule has 0 spiro atoms. The Morgan fingerprint density at radius 2 is 0.792 bits per heavy atom. The summed E-state index contributed by atoms with van der Waals surface area (Å²) in [6.45, 7) is 5.38. The Labute approximate surface area is 323 Å². The van der Waals surface area contributed by atoms with Crippen LogP contribution in [-0.2, 0) is 12.8 Å². The summed E-state index contributed by atoms with van der Waals surface area (Å²) in [5.41, 5.74) is 4.84. The maximum Gasteiger partial charge on any atom is 0.229 e. The van der Waals surface area contributed by atoms with Crippen molar-refractivity contribution < 1.29 is 0 Å². The first-order valence-corrected chi connectivity index (χ1v) is 18.4. The van der Waals surface area contributed by atoms with Gasteiger partial charge in [-0.15, -0.1) is 0 Å². The maximum atomic E-state index is 5.84. The minimum absolute atomic E-state index is 0.116. The molecule has 13 nitrogen and oxygen atoms in total. The van der Waals surface area contributed by atoms with Gasteiger partial charge < -0.3 is 14.7 Å². The molecule has 2 aliphatic rings. The number of rotatable bonds is 7. The number of piperidine rings is 1. The van der Waals surface area contributed by atoms with Crippen molar-refractivity contribution in [1.82, 2.24) is 49.8 Å². The van der Waals surface area contributed by atoms with Crippen LogP contribution in [-0.4, -0.2) is 89.1 Å². The van der Waals surface area contributed by atoms with Gasteiger partial charge in [-0.05, 0) is 76.3 Å². The third-order valence-corrected chi connectivity index (χ3v) is 8.96. The van der Waals surface area contributed by atoms with Gasteiger partial charge in [-0.1, -0.05) is 60.7 Å². The van der Waals surface area contributed by atoms with Crippen LogP contribution in [0.5, 0.6) is 0 Å². The molecular formula is C37H38Cl3N13. The van der Waals surface area contributed by atoms with Crippen LogP contribution >= 0.6 is 34.8 Å². The van der Waals surface area contributed by atoms with Gasteiger partial charge in [0.1, 0.15) is 12.7 Å². The molecule has 272 valence electrons. The molecule has 0 atom stereocenters. The van der Waals surface area contributed by atoms with Crippen molar-refractivity contribution in [3.8, 4) is 0 Å². The standard InChI is InChI=1S/C18H18ClN7.C16H19N3.C3HCl2N3/c19-16-22-13-23-18(24-16)26-8-6-25(7-9-26)17-20-11-15(12-21-17)10-14-4-2-1-3-5-14;1-3-7-14(8-4-1)11-15-12-17-16(18-13-15)19-9-5-2-6-10-19;4-2-6-1-7-3(5)8-2/h1-5,11-13H,6-10H2;1,3-4,7-8,12-13H,2,5-6,9-11H2;1H. The topological polar surface area (TPSA) is 139 Å². The summed E-state index contributed by atoms with van der Waals surface area (Å²) < 4.78 is 0. The summed E-state index contributed by atoms with van der Waals surface area (Å²) in [7, 11) is 0. The lowest BCUT2D eigenvalue weighted by atomic mass is 10.1. The van der Waals surface area contributed by atoms with E-state index >= 15 is 0 Å². The molecule has 53 heavy (non-hydrogen) atoms. The minimum Gasteiger partial charge on any atom is -0.341 e. The van der Waals surface area contributed by atoms with Crippen molar-refractivity contribution in [3.63, 3.8) is 0 Å². The van der Waals surface area contributed by atoms with Crippen LogP contribution < -0.4 is 14.7 Å². The molecule has 4 aromatic heterocycles. The summed E-state index contributed by atoms with van der Waals surface area (Å²) in [6, 6.07) is 20.8. The quantitative estimate of drug-likeness (QED) is 0.176. The lowest BCUT2D eigenvalue weighted by molar-refractivity contribution is 0.568. The zero-order chi connectivity index (χ0) is 36.7. The van der Waals surface area contributed by atoms with E-state index in [4.69, 9.17) is 34.8 Å². The predicted octanol–water partition coefficient (Wildman–Crippen LogP) is 6.47. The average molecular weight is 771 g/mol. The molecule has 2 fully saturated rings. The fraction of sp³-hybridized carbons (Fsp3) is 0.297. The highest BCUT2D eigenvalue weighted by atomic mass is 35.5. The van der Waals surface area contributed by atoms with Gasteiger partial charge in [-0.2, -0.15) is 9.97 Å². The number of halogens is 3. The first kappa shape index (κ1) is 37.6. The van der Waals surface area contributed by atoms with E-state index in [0.717, 1.165) is 69.6 Å². The molecule has 8 rings (SSSR count). The largest absolute Gasteiger partial charge is 0.341 e. The van der Waals surface area contributed by atoms with E-state index in [9.17, 15) is 0 Å². The molecule has 0 radical (unpaired) electrons. The number of piperazine rings is 1. The van der Waals surface area contributed by atoms with Crippen LogP contribution in [0.1, 0.15) is 41.5 Å². The molecule has 2 saturated heterocycles. The molecule has 2 aliphatic heterocycles. The second kappa shape index (κ2) is 19.6. The lowest BCUT2D eigenvalue weighted by Gasteiger charge is -2.34. The minimum atomic E-state index is 0.116. The third kappa shape index (κ3) is 12.0. The van der Waals surface area contributed by atoms with Gasteiger partial charge in [-0.25, -0.2) is 39.9 Å². The Balaban J connectivity index is 0.000000155. The van der Waals surface area contributed by atoms with Crippen LogP contribution in [0.2, 0.25) is 15.9 Å². The Morgan fingerprint density at radius 3 is 1.21 bits per heavy atom. The van der Waals surface area contributed by atoms with E-state index in [1.807, 2.05) is 49.1 Å². The second-order valence-electron chi connectivity index (χ2n) is 12.2. The van der Waals surface area contributed by atoms with E-state index in [1.165, 1.54) is 48.6 Å². The Kier molecular flexibility index (Phi) is 14.0. The number of hydrogen-bond acceptors (Lipinski definition) is 13. The monoisotopic (exact) mass is 769 g/mol. The second-order valence-corrected chi connectivity index (χ2v) is 13.2. The van der Waals surface area contributed by atoms with Crippen molar-refractivity contribution in [2.45, 2.75) is 32.1 Å². The molecule has 0 aliphatic carbocycles. The average Bonchev–Trinajstić information content (AvgIpc) is 3.20. The molecule has 0 N–H and O–H groups in total. The van der Waals surface area contributed by atoms with Gasteiger partial charge >= 0.3 is 0 Å². The van der Waals surface area contributed by atoms with E-state index < -0.39 is 0 Å². The predicted molar refractivity (Wildman–Crippen MR) is 208 cm³/mol. The summed E-state index contributed by atoms with van der Waals surface area (Å²) in [4.78, 5) is 47.3. The number of anilines is 3. The van der Waals surface area contributed by atoms with Gasteiger partial charge in [0.2, 0.25) is 33.7 Å². The molecule has 0 bridgehead atoms. The Morgan fingerprint density at radius 1 is 0.396 bits per heavy atom. The fourth-order valence-corrected chi connectivity index (χ4v) is 6.16. The number of benzene rings is 2. The van der Waals surface area contributed by atoms with Crippen molar-refractivity contribution in [3.05, 3.63) is 136 Å². The van der Waals surface area contributed by atoms with Gasteiger partial charge in [0.25, 0.3) is 0 Å². The van der Waals surface area contributed by atoms with Crippen molar-refractivity contribution in [2.24, 2.45) is 0 Å². The Hall–Kier alpha value is -5.11. The number of hydrogen-bond donors (Lipinski definition) is 0. The van der Waals surface area contributed by atoms with Gasteiger partial charge in [0.15, 0.2) is 0 Å². The first-order valence-electron chi connectivity index (χ1n) is 17.3. The highest BCUT2D eigenvalue weighted by Gasteiger charge is 2.21. The molecule has 6 aromatic rings. The van der Waals surface area contributed by atoms with Crippen LogP contribution in [0, 0.1) is 0 Å². The van der Waals surface area contributed by atoms with Gasteiger partial charge in [0, 0.05) is 76.9 Å². The fourth-order valence-electron chi connectivity index (χ4n) is 5.75.